The molecular weight excluding hydrogens is 279 g/mol. The minimum Gasteiger partial charge on any atom is -0.396 e. The molecule has 0 aliphatic heterocycles. The molecule has 0 radical (unpaired) electrons. The van der Waals surface area contributed by atoms with Crippen LogP contribution in [0.15, 0.2) is 48.5 Å². The van der Waals surface area contributed by atoms with Gasteiger partial charge in [0.05, 0.1) is 5.56 Å². The summed E-state index contributed by atoms with van der Waals surface area (Å²) in [6.07, 6.45) is -3.90. The molecule has 3 N–H and O–H groups in total. The lowest BCUT2D eigenvalue weighted by molar-refractivity contribution is -0.137. The van der Waals surface area contributed by atoms with E-state index in [1.807, 2.05) is 0 Å². The first-order valence-corrected chi connectivity index (χ1v) is 6.56. The predicted molar refractivity (Wildman–Crippen MR) is 75.5 cm³/mol. The summed E-state index contributed by atoms with van der Waals surface area (Å²) >= 11 is 0. The maximum absolute atomic E-state index is 12.7. The molecule has 0 amide bonds. The van der Waals surface area contributed by atoms with Gasteiger partial charge in [-0.05, 0) is 35.2 Å². The van der Waals surface area contributed by atoms with Crippen LogP contribution in [-0.2, 0) is 6.18 Å². The molecule has 2 aromatic rings. The molecule has 0 bridgehead atoms. The van der Waals surface area contributed by atoms with E-state index in [1.165, 1.54) is 6.07 Å². The maximum Gasteiger partial charge on any atom is 0.416 e. The van der Waals surface area contributed by atoms with E-state index in [1.54, 1.807) is 30.3 Å². The normalized spacial score (nSPS) is 13.2. The van der Waals surface area contributed by atoms with Crippen molar-refractivity contribution < 1.29 is 18.3 Å². The number of halogens is 3. The summed E-state index contributed by atoms with van der Waals surface area (Å²) in [7, 11) is 0. The number of rotatable bonds is 4. The predicted octanol–water partition coefficient (Wildman–Crippen LogP) is 3.75. The molecule has 0 heterocycles. The molecule has 5 heteroatoms. The standard InChI is InChI=1S/C16H16F3NO/c17-16(18,19)14-3-1-2-13(10-14)11-4-6-12(7-5-11)15(20)8-9-21/h1-7,10,15,21H,8-9,20H2. The highest BCUT2D eigenvalue weighted by atomic mass is 19.4. The number of aliphatic hydroxyl groups is 1. The fourth-order valence-corrected chi connectivity index (χ4v) is 2.10. The Balaban J connectivity index is 2.27. The van der Waals surface area contributed by atoms with Crippen molar-refractivity contribution in [3.8, 4) is 11.1 Å². The van der Waals surface area contributed by atoms with E-state index in [4.69, 9.17) is 10.8 Å². The first kappa shape index (κ1) is 15.5. The summed E-state index contributed by atoms with van der Waals surface area (Å²) in [6, 6.07) is 12.0. The van der Waals surface area contributed by atoms with Gasteiger partial charge in [-0.3, -0.25) is 0 Å². The van der Waals surface area contributed by atoms with Crippen LogP contribution in [-0.4, -0.2) is 11.7 Å². The summed E-state index contributed by atoms with van der Waals surface area (Å²) in [6.45, 7) is -0.00343. The highest BCUT2D eigenvalue weighted by molar-refractivity contribution is 5.64. The molecule has 0 spiro atoms. The lowest BCUT2D eigenvalue weighted by Gasteiger charge is -2.12. The number of nitrogens with two attached hydrogens (primary N) is 1. The van der Waals surface area contributed by atoms with Gasteiger partial charge >= 0.3 is 6.18 Å². The van der Waals surface area contributed by atoms with Gasteiger partial charge in [0.2, 0.25) is 0 Å². The zero-order valence-corrected chi connectivity index (χ0v) is 11.3. The zero-order chi connectivity index (χ0) is 15.5. The second-order valence-electron chi connectivity index (χ2n) is 4.82. The Bertz CT molecular complexity index is 593. The van der Waals surface area contributed by atoms with Crippen LogP contribution in [0, 0.1) is 0 Å². The SMILES string of the molecule is NC(CCO)c1ccc(-c2cccc(C(F)(F)F)c2)cc1. The average molecular weight is 295 g/mol. The molecule has 0 saturated heterocycles. The number of hydrogen-bond donors (Lipinski definition) is 2. The van der Waals surface area contributed by atoms with E-state index in [0.717, 1.165) is 17.7 Å². The van der Waals surface area contributed by atoms with Gasteiger partial charge in [-0.25, -0.2) is 0 Å². The van der Waals surface area contributed by atoms with Crippen molar-refractivity contribution in [1.82, 2.24) is 0 Å². The summed E-state index contributed by atoms with van der Waals surface area (Å²) in [5.41, 5.74) is 7.25. The van der Waals surface area contributed by atoms with Crippen LogP contribution in [0.25, 0.3) is 11.1 Å². The second-order valence-corrected chi connectivity index (χ2v) is 4.82. The molecule has 0 aliphatic rings. The van der Waals surface area contributed by atoms with Crippen LogP contribution in [0.4, 0.5) is 13.2 Å². The smallest absolute Gasteiger partial charge is 0.396 e. The Hall–Kier alpha value is -1.85. The zero-order valence-electron chi connectivity index (χ0n) is 11.3. The average Bonchev–Trinajstić information content (AvgIpc) is 2.47. The maximum atomic E-state index is 12.7. The molecule has 112 valence electrons. The second kappa shape index (κ2) is 6.28. The first-order valence-electron chi connectivity index (χ1n) is 6.56. The lowest BCUT2D eigenvalue weighted by Crippen LogP contribution is -2.11. The number of alkyl halides is 3. The fourth-order valence-electron chi connectivity index (χ4n) is 2.10. The molecule has 0 aromatic heterocycles. The number of benzene rings is 2. The summed E-state index contributed by atoms with van der Waals surface area (Å²) < 4.78 is 38.1. The summed E-state index contributed by atoms with van der Waals surface area (Å²) in [5, 5.41) is 8.85. The third-order valence-electron chi connectivity index (χ3n) is 3.30. The highest BCUT2D eigenvalue weighted by Crippen LogP contribution is 2.32. The van der Waals surface area contributed by atoms with Gasteiger partial charge in [-0.1, -0.05) is 36.4 Å². The molecule has 2 aromatic carbocycles. The molecule has 0 saturated carbocycles. The quantitative estimate of drug-likeness (QED) is 0.902. The third kappa shape index (κ3) is 3.83. The van der Waals surface area contributed by atoms with E-state index >= 15 is 0 Å². The van der Waals surface area contributed by atoms with Crippen LogP contribution < -0.4 is 5.73 Å². The van der Waals surface area contributed by atoms with Crippen LogP contribution in [0.1, 0.15) is 23.6 Å². The van der Waals surface area contributed by atoms with Crippen LogP contribution in [0.3, 0.4) is 0 Å². The van der Waals surface area contributed by atoms with Crippen molar-refractivity contribution in [1.29, 1.82) is 0 Å². The topological polar surface area (TPSA) is 46.2 Å². The van der Waals surface area contributed by atoms with Gasteiger partial charge in [0.25, 0.3) is 0 Å². The molecule has 0 aliphatic carbocycles. The Morgan fingerprint density at radius 1 is 1.00 bits per heavy atom. The van der Waals surface area contributed by atoms with Crippen LogP contribution >= 0.6 is 0 Å². The molecule has 1 atom stereocenters. The van der Waals surface area contributed by atoms with Crippen LogP contribution in [0.5, 0.6) is 0 Å². The highest BCUT2D eigenvalue weighted by Gasteiger charge is 2.30. The van der Waals surface area contributed by atoms with Crippen molar-refractivity contribution in [2.75, 3.05) is 6.61 Å². The monoisotopic (exact) mass is 295 g/mol. The van der Waals surface area contributed by atoms with E-state index < -0.39 is 11.7 Å². The van der Waals surface area contributed by atoms with Crippen molar-refractivity contribution in [3.63, 3.8) is 0 Å². The number of aliphatic hydroxyl groups excluding tert-OH is 1. The van der Waals surface area contributed by atoms with Crippen molar-refractivity contribution >= 4 is 0 Å². The molecule has 1 unspecified atom stereocenters. The minimum absolute atomic E-state index is 0.00343. The van der Waals surface area contributed by atoms with Gasteiger partial charge in [0.15, 0.2) is 0 Å². The van der Waals surface area contributed by atoms with E-state index in [9.17, 15) is 13.2 Å². The third-order valence-corrected chi connectivity index (χ3v) is 3.30. The molecule has 2 rings (SSSR count). The molecular formula is C16H16F3NO. The van der Waals surface area contributed by atoms with Gasteiger partial charge in [-0.2, -0.15) is 13.2 Å². The first-order chi connectivity index (χ1) is 9.91. The lowest BCUT2D eigenvalue weighted by atomic mass is 9.98. The summed E-state index contributed by atoms with van der Waals surface area (Å²) in [4.78, 5) is 0. The fraction of sp³-hybridized carbons (Fsp3) is 0.250. The Morgan fingerprint density at radius 2 is 1.67 bits per heavy atom. The van der Waals surface area contributed by atoms with E-state index in [0.29, 0.717) is 17.5 Å². The molecule has 0 fully saturated rings. The van der Waals surface area contributed by atoms with Crippen molar-refractivity contribution in [2.24, 2.45) is 5.73 Å². The minimum atomic E-state index is -4.35. The van der Waals surface area contributed by atoms with Gasteiger partial charge < -0.3 is 10.8 Å². The van der Waals surface area contributed by atoms with Gasteiger partial charge in [-0.15, -0.1) is 0 Å². The Kier molecular flexibility index (Phi) is 4.65. The largest absolute Gasteiger partial charge is 0.416 e. The summed E-state index contributed by atoms with van der Waals surface area (Å²) in [5.74, 6) is 0. The Morgan fingerprint density at radius 3 is 2.24 bits per heavy atom. The molecule has 21 heavy (non-hydrogen) atoms. The van der Waals surface area contributed by atoms with Crippen LogP contribution in [0.2, 0.25) is 0 Å². The van der Waals surface area contributed by atoms with E-state index in [-0.39, 0.29) is 12.6 Å². The van der Waals surface area contributed by atoms with Gasteiger partial charge in [0, 0.05) is 12.6 Å². The Labute approximate surface area is 121 Å². The van der Waals surface area contributed by atoms with Crippen molar-refractivity contribution in [2.45, 2.75) is 18.6 Å². The van der Waals surface area contributed by atoms with Crippen molar-refractivity contribution in [3.05, 3.63) is 59.7 Å². The van der Waals surface area contributed by atoms with Gasteiger partial charge in [0.1, 0.15) is 0 Å². The number of hydrogen-bond acceptors (Lipinski definition) is 2. The molecule has 2 nitrogen and oxygen atoms in total. The van der Waals surface area contributed by atoms with E-state index in [2.05, 4.69) is 0 Å².